The second kappa shape index (κ2) is 41.6. The number of ether oxygens (including phenoxy) is 1. The molecule has 0 amide bonds. The summed E-state index contributed by atoms with van der Waals surface area (Å²) in [6, 6.07) is 0. The van der Waals surface area contributed by atoms with Gasteiger partial charge in [-0.05, 0) is 18.8 Å². The molecule has 2 heteroatoms. The van der Waals surface area contributed by atoms with Gasteiger partial charge in [-0.15, -0.1) is 0 Å². The molecule has 0 spiro atoms. The minimum Gasteiger partial charge on any atom is -0.466 e. The molecule has 0 fully saturated rings. The molecule has 0 bridgehead atoms. The molecule has 0 N–H and O–H groups in total. The highest BCUT2D eigenvalue weighted by atomic mass is 16.5. The van der Waals surface area contributed by atoms with E-state index < -0.39 is 0 Å². The van der Waals surface area contributed by atoms with Crippen LogP contribution < -0.4 is 0 Å². The van der Waals surface area contributed by atoms with Crippen LogP contribution in [0.5, 0.6) is 0 Å². The van der Waals surface area contributed by atoms with Crippen molar-refractivity contribution in [1.82, 2.24) is 0 Å². The van der Waals surface area contributed by atoms with Gasteiger partial charge in [0.25, 0.3) is 0 Å². The third-order valence-electron chi connectivity index (χ3n) is 10.7. The van der Waals surface area contributed by atoms with Crippen molar-refractivity contribution < 1.29 is 9.53 Å². The Morgan fingerprint density at radius 3 is 0.894 bits per heavy atom. The number of hydrogen-bond donors (Lipinski definition) is 0. The number of rotatable bonds is 41. The monoisotopic (exact) mass is 663 g/mol. The van der Waals surface area contributed by atoms with Gasteiger partial charge in [-0.3, -0.25) is 4.79 Å². The molecule has 0 saturated carbocycles. The van der Waals surface area contributed by atoms with Crippen LogP contribution in [0.3, 0.4) is 0 Å². The van der Waals surface area contributed by atoms with E-state index in [4.69, 9.17) is 4.74 Å². The van der Waals surface area contributed by atoms with Gasteiger partial charge in [0.15, 0.2) is 0 Å². The highest BCUT2D eigenvalue weighted by Gasteiger charge is 2.11. The van der Waals surface area contributed by atoms with Gasteiger partial charge in [-0.1, -0.05) is 252 Å². The van der Waals surface area contributed by atoms with Crippen molar-refractivity contribution in [2.24, 2.45) is 5.92 Å². The molecule has 0 saturated heterocycles. The SMILES string of the molecule is CCCCCCCCCCCCCCCCCCCC(=O)OCCC(CCCCCCCCCC)CCCCCCCCCCCC. The normalized spacial score (nSPS) is 12.1. The molecule has 0 heterocycles. The fourth-order valence-corrected chi connectivity index (χ4v) is 7.33. The lowest BCUT2D eigenvalue weighted by atomic mass is 9.91. The van der Waals surface area contributed by atoms with Gasteiger partial charge in [0.05, 0.1) is 6.61 Å². The maximum Gasteiger partial charge on any atom is 0.305 e. The quantitative estimate of drug-likeness (QED) is 0.0481. The Morgan fingerprint density at radius 2 is 0.596 bits per heavy atom. The zero-order valence-corrected chi connectivity index (χ0v) is 33.2. The zero-order valence-electron chi connectivity index (χ0n) is 33.2. The highest BCUT2D eigenvalue weighted by Crippen LogP contribution is 2.23. The molecule has 2 nitrogen and oxygen atoms in total. The fourth-order valence-electron chi connectivity index (χ4n) is 7.33. The van der Waals surface area contributed by atoms with E-state index >= 15 is 0 Å². The number of hydrogen-bond acceptors (Lipinski definition) is 2. The standard InChI is InChI=1S/C45H90O2/c1-4-7-10-13-16-19-21-22-23-24-25-26-27-29-32-35-38-41-45(46)47-43-42-44(39-36-33-30-18-15-12-9-6-3)40-37-34-31-28-20-17-14-11-8-5-2/h44H,4-43H2,1-3H3. The topological polar surface area (TPSA) is 26.3 Å². The zero-order chi connectivity index (χ0) is 34.1. The summed E-state index contributed by atoms with van der Waals surface area (Å²) in [6.07, 6.45) is 53.0. The molecule has 0 aromatic heterocycles. The minimum atomic E-state index is 0.0516. The molecule has 47 heavy (non-hydrogen) atoms. The predicted octanol–water partition coefficient (Wildman–Crippen LogP) is 16.4. The summed E-state index contributed by atoms with van der Waals surface area (Å²) in [6.45, 7) is 7.55. The average molecular weight is 663 g/mol. The summed E-state index contributed by atoms with van der Waals surface area (Å²) in [4.78, 5) is 12.4. The van der Waals surface area contributed by atoms with E-state index in [0.717, 1.165) is 18.8 Å². The molecule has 0 aliphatic heterocycles. The third kappa shape index (κ3) is 39.8. The molecule has 0 aliphatic rings. The maximum absolute atomic E-state index is 12.4. The average Bonchev–Trinajstić information content (AvgIpc) is 3.07. The second-order valence-corrected chi connectivity index (χ2v) is 15.5. The van der Waals surface area contributed by atoms with Gasteiger partial charge in [-0.2, -0.15) is 0 Å². The molecule has 1 atom stereocenters. The fraction of sp³-hybridized carbons (Fsp3) is 0.978. The Bertz CT molecular complexity index is 572. The van der Waals surface area contributed by atoms with Crippen LogP contribution in [0, 0.1) is 5.92 Å². The van der Waals surface area contributed by atoms with Crippen molar-refractivity contribution >= 4 is 5.97 Å². The van der Waals surface area contributed by atoms with E-state index in [0.29, 0.717) is 13.0 Å². The maximum atomic E-state index is 12.4. The van der Waals surface area contributed by atoms with Crippen LogP contribution in [-0.4, -0.2) is 12.6 Å². The predicted molar refractivity (Wildman–Crippen MR) is 212 cm³/mol. The van der Waals surface area contributed by atoms with Crippen LogP contribution in [-0.2, 0) is 9.53 Å². The van der Waals surface area contributed by atoms with E-state index in [1.165, 1.54) is 231 Å². The Kier molecular flexibility index (Phi) is 41.2. The number of carbonyl (C=O) groups excluding carboxylic acids is 1. The van der Waals surface area contributed by atoms with Crippen LogP contribution in [0.25, 0.3) is 0 Å². The minimum absolute atomic E-state index is 0.0516. The first-order valence-electron chi connectivity index (χ1n) is 22.4. The van der Waals surface area contributed by atoms with Gasteiger partial charge in [-0.25, -0.2) is 0 Å². The smallest absolute Gasteiger partial charge is 0.305 e. The van der Waals surface area contributed by atoms with E-state index in [9.17, 15) is 4.79 Å². The van der Waals surface area contributed by atoms with Crippen LogP contribution in [0.4, 0.5) is 0 Å². The number of carbonyl (C=O) groups is 1. The third-order valence-corrected chi connectivity index (χ3v) is 10.7. The van der Waals surface area contributed by atoms with E-state index in [-0.39, 0.29) is 5.97 Å². The van der Waals surface area contributed by atoms with Crippen LogP contribution in [0.15, 0.2) is 0 Å². The van der Waals surface area contributed by atoms with Crippen molar-refractivity contribution in [3.63, 3.8) is 0 Å². The highest BCUT2D eigenvalue weighted by molar-refractivity contribution is 5.69. The van der Waals surface area contributed by atoms with Gasteiger partial charge in [0.2, 0.25) is 0 Å². The van der Waals surface area contributed by atoms with Crippen LogP contribution in [0.1, 0.15) is 271 Å². The molecule has 0 aliphatic carbocycles. The summed E-state index contributed by atoms with van der Waals surface area (Å²) >= 11 is 0. The van der Waals surface area contributed by atoms with Gasteiger partial charge in [0, 0.05) is 6.42 Å². The van der Waals surface area contributed by atoms with Crippen molar-refractivity contribution in [2.75, 3.05) is 6.61 Å². The molecule has 282 valence electrons. The van der Waals surface area contributed by atoms with Crippen LogP contribution >= 0.6 is 0 Å². The lowest BCUT2D eigenvalue weighted by molar-refractivity contribution is -0.144. The van der Waals surface area contributed by atoms with E-state index in [1.54, 1.807) is 0 Å². The molecule has 0 rings (SSSR count). The van der Waals surface area contributed by atoms with E-state index in [2.05, 4.69) is 20.8 Å². The first-order chi connectivity index (χ1) is 23.2. The van der Waals surface area contributed by atoms with Crippen molar-refractivity contribution in [2.45, 2.75) is 271 Å². The number of esters is 1. The summed E-state index contributed by atoms with van der Waals surface area (Å²) in [5.74, 6) is 0.799. The molecular formula is C45H90O2. The van der Waals surface area contributed by atoms with Crippen molar-refractivity contribution in [3.05, 3.63) is 0 Å². The summed E-state index contributed by atoms with van der Waals surface area (Å²) in [7, 11) is 0. The Labute approximate surface area is 298 Å². The summed E-state index contributed by atoms with van der Waals surface area (Å²) in [5, 5.41) is 0. The Morgan fingerprint density at radius 1 is 0.340 bits per heavy atom. The van der Waals surface area contributed by atoms with Crippen molar-refractivity contribution in [3.8, 4) is 0 Å². The first-order valence-corrected chi connectivity index (χ1v) is 22.4. The first kappa shape index (κ1) is 46.5. The molecule has 0 aromatic rings. The Balaban J connectivity index is 3.84. The van der Waals surface area contributed by atoms with Crippen molar-refractivity contribution in [1.29, 1.82) is 0 Å². The lowest BCUT2D eigenvalue weighted by Gasteiger charge is -2.17. The van der Waals surface area contributed by atoms with Gasteiger partial charge in [0.1, 0.15) is 0 Å². The molecular weight excluding hydrogens is 572 g/mol. The second-order valence-electron chi connectivity index (χ2n) is 15.5. The van der Waals surface area contributed by atoms with Gasteiger partial charge < -0.3 is 4.74 Å². The molecule has 1 unspecified atom stereocenters. The molecule has 0 aromatic carbocycles. The molecule has 0 radical (unpaired) electrons. The summed E-state index contributed by atoms with van der Waals surface area (Å²) < 4.78 is 5.74. The number of unbranched alkanes of at least 4 members (excludes halogenated alkanes) is 32. The summed E-state index contributed by atoms with van der Waals surface area (Å²) in [5.41, 5.74) is 0. The largest absolute Gasteiger partial charge is 0.466 e. The Hall–Kier alpha value is -0.530. The van der Waals surface area contributed by atoms with Gasteiger partial charge >= 0.3 is 5.97 Å². The van der Waals surface area contributed by atoms with Crippen LogP contribution in [0.2, 0.25) is 0 Å². The lowest BCUT2D eigenvalue weighted by Crippen LogP contribution is -2.10. The van der Waals surface area contributed by atoms with E-state index in [1.807, 2.05) is 0 Å².